The minimum Gasteiger partial charge on any atom is -0.493 e. The van der Waals surface area contributed by atoms with E-state index < -0.39 is 0 Å². The van der Waals surface area contributed by atoms with E-state index >= 15 is 0 Å². The van der Waals surface area contributed by atoms with Crippen LogP contribution in [0.15, 0.2) is 46.0 Å². The van der Waals surface area contributed by atoms with Crippen LogP contribution < -0.4 is 20.6 Å². The number of rotatable bonds is 7. The zero-order valence-corrected chi connectivity index (χ0v) is 17.3. The van der Waals surface area contributed by atoms with Crippen LogP contribution >= 0.6 is 15.9 Å². The van der Waals surface area contributed by atoms with Crippen LogP contribution in [0, 0.1) is 0 Å². The molecule has 0 aliphatic rings. The van der Waals surface area contributed by atoms with Gasteiger partial charge in [-0.3, -0.25) is 9.59 Å². The van der Waals surface area contributed by atoms with Crippen LogP contribution in [0.3, 0.4) is 0 Å². The van der Waals surface area contributed by atoms with Crippen LogP contribution in [0.5, 0.6) is 11.5 Å². The first-order valence-electron chi connectivity index (χ1n) is 8.21. The van der Waals surface area contributed by atoms with E-state index in [4.69, 9.17) is 15.2 Å². The van der Waals surface area contributed by atoms with Crippen LogP contribution in [0.25, 0.3) is 0 Å². The molecule has 0 aliphatic heterocycles. The number of nitrogens with zero attached hydrogens (tertiary/aromatic N) is 2. The molecule has 0 spiro atoms. The number of nitrogens with two attached hydrogens (primary N) is 1. The highest BCUT2D eigenvalue weighted by Gasteiger charge is 2.14. The van der Waals surface area contributed by atoms with Crippen molar-refractivity contribution in [3.8, 4) is 11.5 Å². The molecule has 2 amide bonds. The number of ether oxygens (including phenoxy) is 2. The third-order valence-corrected chi connectivity index (χ3v) is 4.23. The fourth-order valence-corrected chi connectivity index (χ4v) is 2.66. The molecular formula is C19H21BrN4O4. The number of benzene rings is 2. The largest absolute Gasteiger partial charge is 0.493 e. The number of methoxy groups -OCH3 is 1. The molecule has 0 aromatic heterocycles. The summed E-state index contributed by atoms with van der Waals surface area (Å²) < 4.78 is 11.5. The van der Waals surface area contributed by atoms with Crippen molar-refractivity contribution in [1.29, 1.82) is 0 Å². The predicted octanol–water partition coefficient (Wildman–Crippen LogP) is 2.27. The van der Waals surface area contributed by atoms with E-state index in [0.29, 0.717) is 32.8 Å². The summed E-state index contributed by atoms with van der Waals surface area (Å²) in [6.45, 7) is -0.118. The second-order valence-corrected chi connectivity index (χ2v) is 6.79. The van der Waals surface area contributed by atoms with E-state index in [-0.39, 0.29) is 18.4 Å². The standard InChI is InChI=1S/C19H21BrN4O4/c1-24(2)17(25)11-28-18-15(20)8-12(9-16(18)27-3)10-22-23-19(26)13-4-6-14(21)7-5-13/h4-10H,11,21H2,1-3H3,(H,23,26)/b22-10+. The van der Waals surface area contributed by atoms with Gasteiger partial charge in [0.15, 0.2) is 18.1 Å². The molecule has 3 N–H and O–H groups in total. The molecule has 8 nitrogen and oxygen atoms in total. The second kappa shape index (κ2) is 9.75. The van der Waals surface area contributed by atoms with Crippen molar-refractivity contribution in [3.63, 3.8) is 0 Å². The van der Waals surface area contributed by atoms with Gasteiger partial charge in [-0.15, -0.1) is 0 Å². The molecule has 2 aromatic carbocycles. The Morgan fingerprint density at radius 3 is 2.54 bits per heavy atom. The van der Waals surface area contributed by atoms with Gasteiger partial charge in [-0.2, -0.15) is 5.10 Å². The van der Waals surface area contributed by atoms with Crippen molar-refractivity contribution in [3.05, 3.63) is 52.0 Å². The van der Waals surface area contributed by atoms with Crippen molar-refractivity contribution in [1.82, 2.24) is 10.3 Å². The molecule has 0 radical (unpaired) electrons. The third kappa shape index (κ3) is 5.71. The number of anilines is 1. The predicted molar refractivity (Wildman–Crippen MR) is 111 cm³/mol. The number of nitrogens with one attached hydrogen (secondary N) is 1. The van der Waals surface area contributed by atoms with Crippen molar-refractivity contribution in [2.24, 2.45) is 5.10 Å². The molecule has 0 saturated carbocycles. The average molecular weight is 449 g/mol. The van der Waals surface area contributed by atoms with Gasteiger partial charge >= 0.3 is 0 Å². The quantitative estimate of drug-likeness (QED) is 0.383. The molecule has 2 aromatic rings. The van der Waals surface area contributed by atoms with E-state index in [1.807, 2.05) is 0 Å². The Balaban J connectivity index is 2.08. The molecule has 0 heterocycles. The average Bonchev–Trinajstić information content (AvgIpc) is 2.66. The molecule has 0 unspecified atom stereocenters. The molecule has 148 valence electrons. The second-order valence-electron chi connectivity index (χ2n) is 5.93. The van der Waals surface area contributed by atoms with E-state index in [1.54, 1.807) is 50.5 Å². The summed E-state index contributed by atoms with van der Waals surface area (Å²) in [5, 5.41) is 3.95. The summed E-state index contributed by atoms with van der Waals surface area (Å²) in [6, 6.07) is 9.92. The molecule has 0 atom stereocenters. The van der Waals surface area contributed by atoms with Gasteiger partial charge in [0.1, 0.15) is 0 Å². The highest BCUT2D eigenvalue weighted by Crippen LogP contribution is 2.36. The Morgan fingerprint density at radius 1 is 1.25 bits per heavy atom. The molecule has 28 heavy (non-hydrogen) atoms. The zero-order chi connectivity index (χ0) is 20.7. The van der Waals surface area contributed by atoms with E-state index in [1.165, 1.54) is 18.2 Å². The van der Waals surface area contributed by atoms with Crippen molar-refractivity contribution < 1.29 is 19.1 Å². The number of likely N-dealkylation sites (N-methyl/N-ethyl adjacent to an activating group) is 1. The Kier molecular flexibility index (Phi) is 7.39. The van der Waals surface area contributed by atoms with Gasteiger partial charge in [-0.25, -0.2) is 5.43 Å². The number of hydrazone groups is 1. The minimum absolute atomic E-state index is 0.118. The lowest BCUT2D eigenvalue weighted by Gasteiger charge is -2.15. The van der Waals surface area contributed by atoms with Crippen molar-refractivity contribution in [2.45, 2.75) is 0 Å². The zero-order valence-electron chi connectivity index (χ0n) is 15.7. The summed E-state index contributed by atoms with van der Waals surface area (Å²) in [5.41, 5.74) is 9.72. The lowest BCUT2D eigenvalue weighted by molar-refractivity contribution is -0.130. The highest BCUT2D eigenvalue weighted by atomic mass is 79.9. The number of hydrogen-bond donors (Lipinski definition) is 2. The fourth-order valence-electron chi connectivity index (χ4n) is 2.08. The number of carbonyl (C=O) groups is 2. The minimum atomic E-state index is -0.357. The number of carbonyl (C=O) groups excluding carboxylic acids is 2. The lowest BCUT2D eigenvalue weighted by atomic mass is 10.2. The van der Waals surface area contributed by atoms with Crippen molar-refractivity contribution in [2.75, 3.05) is 33.5 Å². The van der Waals surface area contributed by atoms with E-state index in [0.717, 1.165) is 0 Å². The molecule has 0 aliphatic carbocycles. The van der Waals surface area contributed by atoms with Gasteiger partial charge in [-0.05, 0) is 57.9 Å². The summed E-state index contributed by atoms with van der Waals surface area (Å²) >= 11 is 3.40. The summed E-state index contributed by atoms with van der Waals surface area (Å²) in [5.74, 6) is 0.294. The van der Waals surface area contributed by atoms with E-state index in [2.05, 4.69) is 26.5 Å². The normalized spacial score (nSPS) is 10.6. The van der Waals surface area contributed by atoms with Gasteiger partial charge in [0.25, 0.3) is 11.8 Å². The first-order valence-corrected chi connectivity index (χ1v) is 9.00. The van der Waals surface area contributed by atoms with Gasteiger partial charge in [0.2, 0.25) is 0 Å². The molecule has 0 fully saturated rings. The maximum Gasteiger partial charge on any atom is 0.271 e. The Morgan fingerprint density at radius 2 is 1.93 bits per heavy atom. The van der Waals surface area contributed by atoms with Crippen LogP contribution in [0.1, 0.15) is 15.9 Å². The first kappa shape index (κ1) is 21.2. The maximum absolute atomic E-state index is 12.0. The maximum atomic E-state index is 12.0. The summed E-state index contributed by atoms with van der Waals surface area (Å²) in [6.07, 6.45) is 1.47. The lowest BCUT2D eigenvalue weighted by Crippen LogP contribution is -2.27. The molecular weight excluding hydrogens is 428 g/mol. The molecule has 9 heteroatoms. The highest BCUT2D eigenvalue weighted by molar-refractivity contribution is 9.10. The van der Waals surface area contributed by atoms with E-state index in [9.17, 15) is 9.59 Å². The topological polar surface area (TPSA) is 106 Å². The number of hydrogen-bond acceptors (Lipinski definition) is 6. The van der Waals surface area contributed by atoms with Gasteiger partial charge in [0.05, 0.1) is 17.8 Å². The Hall–Kier alpha value is -3.07. The fraction of sp³-hybridized carbons (Fsp3) is 0.211. The van der Waals surface area contributed by atoms with Crippen LogP contribution in [0.2, 0.25) is 0 Å². The van der Waals surface area contributed by atoms with Gasteiger partial charge in [0, 0.05) is 25.3 Å². The smallest absolute Gasteiger partial charge is 0.271 e. The monoisotopic (exact) mass is 448 g/mol. The molecule has 0 bridgehead atoms. The van der Waals surface area contributed by atoms with Gasteiger partial charge in [-0.1, -0.05) is 0 Å². The SMILES string of the molecule is COc1cc(/C=N/NC(=O)c2ccc(N)cc2)cc(Br)c1OCC(=O)N(C)C. The van der Waals surface area contributed by atoms with Crippen LogP contribution in [-0.2, 0) is 4.79 Å². The van der Waals surface area contributed by atoms with Crippen LogP contribution in [-0.4, -0.2) is 50.7 Å². The summed E-state index contributed by atoms with van der Waals surface area (Å²) in [4.78, 5) is 25.2. The van der Waals surface area contributed by atoms with Gasteiger partial charge < -0.3 is 20.1 Å². The Labute approximate surface area is 171 Å². The number of halogens is 1. The Bertz CT molecular complexity index is 882. The van der Waals surface area contributed by atoms with Crippen molar-refractivity contribution >= 4 is 39.6 Å². The number of amides is 2. The molecule has 2 rings (SSSR count). The third-order valence-electron chi connectivity index (χ3n) is 3.64. The molecule has 0 saturated heterocycles. The number of nitrogen functional groups attached to an aromatic ring is 1. The first-order chi connectivity index (χ1) is 13.3. The van der Waals surface area contributed by atoms with Crippen LogP contribution in [0.4, 0.5) is 5.69 Å². The summed E-state index contributed by atoms with van der Waals surface area (Å²) in [7, 11) is 4.79.